The van der Waals surface area contributed by atoms with Gasteiger partial charge in [0.05, 0.1) is 17.6 Å². The molecule has 2 rings (SSSR count). The molecule has 5 heteroatoms. The van der Waals surface area contributed by atoms with Gasteiger partial charge in [-0.15, -0.1) is 0 Å². The summed E-state index contributed by atoms with van der Waals surface area (Å²) in [5.74, 6) is 0.646. The molecule has 100 valence electrons. The largest absolute Gasteiger partial charge is 0.393 e. The van der Waals surface area contributed by atoms with Crippen LogP contribution in [0.4, 0.5) is 0 Å². The van der Waals surface area contributed by atoms with Crippen LogP contribution in [0.5, 0.6) is 0 Å². The van der Waals surface area contributed by atoms with Gasteiger partial charge in [-0.25, -0.2) is 8.42 Å². The summed E-state index contributed by atoms with van der Waals surface area (Å²) >= 11 is 3.37. The Balaban J connectivity index is 1.86. The van der Waals surface area contributed by atoms with Gasteiger partial charge in [0.15, 0.2) is 9.84 Å². The van der Waals surface area contributed by atoms with E-state index in [2.05, 4.69) is 15.9 Å². The maximum atomic E-state index is 11.3. The number of sulfone groups is 1. The Morgan fingerprint density at radius 3 is 2.56 bits per heavy atom. The van der Waals surface area contributed by atoms with Gasteiger partial charge in [-0.1, -0.05) is 28.1 Å². The first-order chi connectivity index (χ1) is 8.44. The van der Waals surface area contributed by atoms with Crippen LogP contribution >= 0.6 is 15.9 Å². The molecular formula is C13H17BrO3S. The standard InChI is InChI=1S/C13H17BrO3S/c14-12-3-1-10(2-4-12)7-13(15)8-11-5-6-18(16,17)9-11/h1-4,11,13,15H,5-9H2. The van der Waals surface area contributed by atoms with Crippen molar-refractivity contribution in [3.8, 4) is 0 Å². The van der Waals surface area contributed by atoms with Crippen LogP contribution in [0.3, 0.4) is 0 Å². The second kappa shape index (κ2) is 5.72. The van der Waals surface area contributed by atoms with E-state index in [0.717, 1.165) is 10.0 Å². The lowest BCUT2D eigenvalue weighted by Crippen LogP contribution is -2.17. The van der Waals surface area contributed by atoms with Crippen LogP contribution in [-0.2, 0) is 16.3 Å². The van der Waals surface area contributed by atoms with Crippen molar-refractivity contribution in [3.63, 3.8) is 0 Å². The Labute approximate surface area is 116 Å². The molecule has 0 aliphatic carbocycles. The molecule has 3 nitrogen and oxygen atoms in total. The lowest BCUT2D eigenvalue weighted by Gasteiger charge is -2.14. The molecule has 0 aromatic heterocycles. The van der Waals surface area contributed by atoms with Gasteiger partial charge in [0.25, 0.3) is 0 Å². The van der Waals surface area contributed by atoms with Gasteiger partial charge in [-0.3, -0.25) is 0 Å². The van der Waals surface area contributed by atoms with Crippen molar-refractivity contribution in [1.82, 2.24) is 0 Å². The molecular weight excluding hydrogens is 316 g/mol. The zero-order valence-corrected chi connectivity index (χ0v) is 12.5. The summed E-state index contributed by atoms with van der Waals surface area (Å²) < 4.78 is 23.7. The van der Waals surface area contributed by atoms with Crippen molar-refractivity contribution < 1.29 is 13.5 Å². The number of rotatable bonds is 4. The third-order valence-electron chi connectivity index (χ3n) is 3.32. The molecule has 1 heterocycles. The van der Waals surface area contributed by atoms with Crippen LogP contribution in [0.15, 0.2) is 28.7 Å². The Morgan fingerprint density at radius 1 is 1.33 bits per heavy atom. The molecule has 1 aliphatic heterocycles. The van der Waals surface area contributed by atoms with E-state index in [0.29, 0.717) is 19.3 Å². The van der Waals surface area contributed by atoms with Crippen LogP contribution < -0.4 is 0 Å². The Hall–Kier alpha value is -0.390. The summed E-state index contributed by atoms with van der Waals surface area (Å²) in [6.45, 7) is 0. The van der Waals surface area contributed by atoms with Crippen molar-refractivity contribution >= 4 is 25.8 Å². The zero-order valence-electron chi connectivity index (χ0n) is 10.0. The van der Waals surface area contributed by atoms with E-state index >= 15 is 0 Å². The molecule has 0 saturated carbocycles. The van der Waals surface area contributed by atoms with Gasteiger partial charge in [0.1, 0.15) is 0 Å². The monoisotopic (exact) mass is 332 g/mol. The SMILES string of the molecule is O=S1(=O)CCC(CC(O)Cc2ccc(Br)cc2)C1. The number of benzene rings is 1. The molecule has 0 bridgehead atoms. The van der Waals surface area contributed by atoms with E-state index in [4.69, 9.17) is 0 Å². The molecule has 1 aliphatic rings. The minimum atomic E-state index is -2.84. The number of aliphatic hydroxyl groups is 1. The highest BCUT2D eigenvalue weighted by molar-refractivity contribution is 9.10. The highest BCUT2D eigenvalue weighted by Crippen LogP contribution is 2.24. The molecule has 0 amide bonds. The fourth-order valence-corrected chi connectivity index (χ4v) is 4.56. The molecule has 1 N–H and O–H groups in total. The van der Waals surface area contributed by atoms with Crippen LogP contribution in [0, 0.1) is 5.92 Å². The summed E-state index contributed by atoms with van der Waals surface area (Å²) in [5, 5.41) is 10.00. The van der Waals surface area contributed by atoms with Gasteiger partial charge >= 0.3 is 0 Å². The van der Waals surface area contributed by atoms with Crippen molar-refractivity contribution in [1.29, 1.82) is 0 Å². The molecule has 1 aromatic rings. The topological polar surface area (TPSA) is 54.4 Å². The first-order valence-corrected chi connectivity index (χ1v) is 8.69. The van der Waals surface area contributed by atoms with Crippen molar-refractivity contribution in [2.75, 3.05) is 11.5 Å². The van der Waals surface area contributed by atoms with E-state index < -0.39 is 15.9 Å². The molecule has 18 heavy (non-hydrogen) atoms. The molecule has 0 spiro atoms. The number of halogens is 1. The van der Waals surface area contributed by atoms with Crippen molar-refractivity contribution in [3.05, 3.63) is 34.3 Å². The van der Waals surface area contributed by atoms with Gasteiger partial charge in [0.2, 0.25) is 0 Å². The van der Waals surface area contributed by atoms with Gasteiger partial charge in [-0.2, -0.15) is 0 Å². The summed E-state index contributed by atoms with van der Waals surface area (Å²) in [7, 11) is -2.84. The van der Waals surface area contributed by atoms with E-state index in [1.165, 1.54) is 0 Å². The maximum Gasteiger partial charge on any atom is 0.150 e. The summed E-state index contributed by atoms with van der Waals surface area (Å²) in [6, 6.07) is 7.83. The third kappa shape index (κ3) is 4.07. The highest BCUT2D eigenvalue weighted by Gasteiger charge is 2.29. The summed E-state index contributed by atoms with van der Waals surface area (Å²) in [4.78, 5) is 0. The lowest BCUT2D eigenvalue weighted by molar-refractivity contribution is 0.147. The quantitative estimate of drug-likeness (QED) is 0.919. The van der Waals surface area contributed by atoms with Gasteiger partial charge < -0.3 is 5.11 Å². The number of aliphatic hydroxyl groups excluding tert-OH is 1. The fourth-order valence-electron chi connectivity index (χ4n) is 2.42. The number of hydrogen-bond donors (Lipinski definition) is 1. The maximum absolute atomic E-state index is 11.3. The highest BCUT2D eigenvalue weighted by atomic mass is 79.9. The molecule has 2 unspecified atom stereocenters. The molecule has 0 radical (unpaired) electrons. The molecule has 1 fully saturated rings. The number of hydrogen-bond acceptors (Lipinski definition) is 3. The van der Waals surface area contributed by atoms with Crippen LogP contribution in [-0.4, -0.2) is 31.1 Å². The first kappa shape index (κ1) is 14.0. The van der Waals surface area contributed by atoms with Gasteiger partial charge in [-0.05, 0) is 42.9 Å². The van der Waals surface area contributed by atoms with Crippen molar-refractivity contribution in [2.24, 2.45) is 5.92 Å². The lowest BCUT2D eigenvalue weighted by atomic mass is 9.97. The average molecular weight is 333 g/mol. The van der Waals surface area contributed by atoms with Crippen LogP contribution in [0.2, 0.25) is 0 Å². The van der Waals surface area contributed by atoms with Crippen molar-refractivity contribution in [2.45, 2.75) is 25.4 Å². The molecule has 1 aromatic carbocycles. The van der Waals surface area contributed by atoms with E-state index in [9.17, 15) is 13.5 Å². The predicted octanol–water partition coefficient (Wildman–Crippen LogP) is 2.18. The average Bonchev–Trinajstić information content (AvgIpc) is 2.61. The second-order valence-corrected chi connectivity index (χ2v) is 8.13. The Kier molecular flexibility index (Phi) is 4.45. The van der Waals surface area contributed by atoms with E-state index in [-0.39, 0.29) is 17.4 Å². The third-order valence-corrected chi connectivity index (χ3v) is 5.68. The fraction of sp³-hybridized carbons (Fsp3) is 0.538. The smallest absolute Gasteiger partial charge is 0.150 e. The first-order valence-electron chi connectivity index (χ1n) is 6.07. The zero-order chi connectivity index (χ0) is 13.2. The van der Waals surface area contributed by atoms with Crippen LogP contribution in [0.25, 0.3) is 0 Å². The summed E-state index contributed by atoms with van der Waals surface area (Å²) in [5.41, 5.74) is 1.08. The molecule has 1 saturated heterocycles. The van der Waals surface area contributed by atoms with E-state index in [1.54, 1.807) is 0 Å². The van der Waals surface area contributed by atoms with E-state index in [1.807, 2.05) is 24.3 Å². The normalized spacial score (nSPS) is 24.0. The second-order valence-electron chi connectivity index (χ2n) is 4.99. The summed E-state index contributed by atoms with van der Waals surface area (Å²) in [6.07, 6.45) is 1.41. The Morgan fingerprint density at radius 2 is 2.00 bits per heavy atom. The van der Waals surface area contributed by atoms with Gasteiger partial charge in [0, 0.05) is 4.47 Å². The minimum absolute atomic E-state index is 0.125. The molecule has 2 atom stereocenters. The minimum Gasteiger partial charge on any atom is -0.393 e. The van der Waals surface area contributed by atoms with Crippen LogP contribution in [0.1, 0.15) is 18.4 Å². The Bertz CT molecular complexity index is 495. The predicted molar refractivity (Wildman–Crippen MR) is 75.2 cm³/mol.